The van der Waals surface area contributed by atoms with E-state index in [1.165, 1.54) is 4.19 Å². The van der Waals surface area contributed by atoms with Crippen LogP contribution in [0.25, 0.3) is 0 Å². The number of halogens is 1. The SMILES string of the molecule is CCCN(Cl)P(N)(=O)N(CC)CC. The van der Waals surface area contributed by atoms with E-state index in [-0.39, 0.29) is 0 Å². The molecule has 1 atom stereocenters. The van der Waals surface area contributed by atoms with Crippen molar-refractivity contribution in [2.75, 3.05) is 19.6 Å². The van der Waals surface area contributed by atoms with Gasteiger partial charge in [-0.3, -0.25) is 10.1 Å². The second-order valence-corrected chi connectivity index (χ2v) is 5.66. The van der Waals surface area contributed by atoms with Crippen LogP contribution in [-0.4, -0.2) is 28.5 Å². The van der Waals surface area contributed by atoms with E-state index in [9.17, 15) is 4.57 Å². The molecular weight excluding hydrogens is 209 g/mol. The minimum absolute atomic E-state index is 0.547. The van der Waals surface area contributed by atoms with Crippen molar-refractivity contribution in [1.82, 2.24) is 8.86 Å². The van der Waals surface area contributed by atoms with Gasteiger partial charge in [-0.2, -0.15) is 0 Å². The largest absolute Gasteiger partial charge is 0.295 e. The topological polar surface area (TPSA) is 49.6 Å². The molecule has 0 bridgehead atoms. The van der Waals surface area contributed by atoms with Crippen molar-refractivity contribution < 1.29 is 4.57 Å². The molecule has 0 aliphatic rings. The lowest BCUT2D eigenvalue weighted by molar-refractivity contribution is 0.405. The minimum atomic E-state index is -2.98. The van der Waals surface area contributed by atoms with Gasteiger partial charge in [0.2, 0.25) is 0 Å². The summed E-state index contributed by atoms with van der Waals surface area (Å²) in [5.41, 5.74) is 5.69. The second kappa shape index (κ2) is 5.99. The van der Waals surface area contributed by atoms with E-state index in [1.807, 2.05) is 20.8 Å². The summed E-state index contributed by atoms with van der Waals surface area (Å²) in [6, 6.07) is 0. The number of rotatable bonds is 6. The van der Waals surface area contributed by atoms with Crippen LogP contribution in [0.5, 0.6) is 0 Å². The molecule has 0 aromatic rings. The highest BCUT2D eigenvalue weighted by molar-refractivity contribution is 7.57. The summed E-state index contributed by atoms with van der Waals surface area (Å²) in [4.78, 5) is 0. The first-order chi connectivity index (χ1) is 6.00. The zero-order chi connectivity index (χ0) is 10.5. The third-order valence-electron chi connectivity index (χ3n) is 1.85. The summed E-state index contributed by atoms with van der Waals surface area (Å²) in [7, 11) is -2.98. The summed E-state index contributed by atoms with van der Waals surface area (Å²) in [6.07, 6.45) is 0.839. The van der Waals surface area contributed by atoms with Crippen molar-refractivity contribution in [3.8, 4) is 0 Å². The van der Waals surface area contributed by atoms with E-state index in [1.54, 1.807) is 4.67 Å². The number of hydrogen-bond acceptors (Lipinski definition) is 1. The van der Waals surface area contributed by atoms with Crippen LogP contribution < -0.4 is 5.50 Å². The molecule has 80 valence electrons. The zero-order valence-corrected chi connectivity index (χ0v) is 10.2. The van der Waals surface area contributed by atoms with E-state index in [4.69, 9.17) is 17.3 Å². The van der Waals surface area contributed by atoms with E-state index in [0.717, 1.165) is 6.42 Å². The molecule has 0 aromatic carbocycles. The lowest BCUT2D eigenvalue weighted by atomic mass is 10.5. The molecule has 0 aliphatic heterocycles. The molecule has 0 amide bonds. The molecule has 0 spiro atoms. The van der Waals surface area contributed by atoms with Crippen molar-refractivity contribution in [2.45, 2.75) is 27.2 Å². The van der Waals surface area contributed by atoms with Crippen LogP contribution >= 0.6 is 19.4 Å². The van der Waals surface area contributed by atoms with Crippen molar-refractivity contribution in [2.24, 2.45) is 5.50 Å². The quantitative estimate of drug-likeness (QED) is 0.559. The van der Waals surface area contributed by atoms with Crippen LogP contribution in [-0.2, 0) is 4.57 Å². The van der Waals surface area contributed by atoms with Crippen LogP contribution in [0, 0.1) is 0 Å². The van der Waals surface area contributed by atoms with Gasteiger partial charge in [0.1, 0.15) is 0 Å². The van der Waals surface area contributed by atoms with E-state index in [2.05, 4.69) is 0 Å². The maximum Gasteiger partial charge on any atom is 0.295 e. The van der Waals surface area contributed by atoms with Gasteiger partial charge in [-0.05, 0) is 18.2 Å². The lowest BCUT2D eigenvalue weighted by Crippen LogP contribution is -2.31. The third-order valence-corrected chi connectivity index (χ3v) is 4.87. The summed E-state index contributed by atoms with van der Waals surface area (Å²) < 4.78 is 14.9. The van der Waals surface area contributed by atoms with Gasteiger partial charge in [-0.1, -0.05) is 20.8 Å². The minimum Gasteiger partial charge on any atom is -0.270 e. The van der Waals surface area contributed by atoms with Gasteiger partial charge < -0.3 is 0 Å². The number of nitrogens with two attached hydrogens (primary N) is 1. The third kappa shape index (κ3) is 3.56. The van der Waals surface area contributed by atoms with Gasteiger partial charge in [0, 0.05) is 19.6 Å². The fraction of sp³-hybridized carbons (Fsp3) is 1.00. The van der Waals surface area contributed by atoms with Gasteiger partial charge in [0.15, 0.2) is 0 Å². The Morgan fingerprint density at radius 3 is 2.08 bits per heavy atom. The first-order valence-corrected chi connectivity index (χ1v) is 6.60. The molecular formula is C7H19ClN3OP. The van der Waals surface area contributed by atoms with Crippen molar-refractivity contribution in [3.63, 3.8) is 0 Å². The normalized spacial score (nSPS) is 16.5. The van der Waals surface area contributed by atoms with Crippen LogP contribution in [0.4, 0.5) is 0 Å². The standard InChI is InChI=1S/C7H19ClN3OP/c1-4-7-11(8)13(9,12)10(5-2)6-3/h4-7H2,1-3H3,(H2,9,12). The highest BCUT2D eigenvalue weighted by atomic mass is 35.5. The smallest absolute Gasteiger partial charge is 0.270 e. The fourth-order valence-corrected chi connectivity index (χ4v) is 3.12. The molecule has 4 nitrogen and oxygen atoms in total. The molecule has 0 fully saturated rings. The van der Waals surface area contributed by atoms with Gasteiger partial charge >= 0.3 is 0 Å². The van der Waals surface area contributed by atoms with E-state index >= 15 is 0 Å². The first kappa shape index (κ1) is 13.4. The molecule has 1 unspecified atom stereocenters. The van der Waals surface area contributed by atoms with Gasteiger partial charge in [0.05, 0.1) is 0 Å². The summed E-state index contributed by atoms with van der Waals surface area (Å²) >= 11 is 5.83. The number of hydrogen-bond donors (Lipinski definition) is 1. The van der Waals surface area contributed by atoms with Gasteiger partial charge in [0.25, 0.3) is 7.59 Å². The molecule has 0 radical (unpaired) electrons. The van der Waals surface area contributed by atoms with Crippen LogP contribution in [0.1, 0.15) is 27.2 Å². The lowest BCUT2D eigenvalue weighted by Gasteiger charge is -2.30. The second-order valence-electron chi connectivity index (χ2n) is 2.79. The Labute approximate surface area is 85.7 Å². The maximum absolute atomic E-state index is 12.0. The average molecular weight is 228 g/mol. The maximum atomic E-state index is 12.0. The van der Waals surface area contributed by atoms with Crippen molar-refractivity contribution in [3.05, 3.63) is 0 Å². The van der Waals surface area contributed by atoms with Gasteiger partial charge in [-0.25, -0.2) is 4.67 Å². The fourth-order valence-electron chi connectivity index (χ4n) is 1.09. The molecule has 2 N–H and O–H groups in total. The summed E-state index contributed by atoms with van der Waals surface area (Å²) in [6.45, 7) is 7.65. The molecule has 0 rings (SSSR count). The predicted octanol–water partition coefficient (Wildman–Crippen LogP) is 2.26. The molecule has 6 heteroatoms. The Bertz CT molecular complexity index is 187. The average Bonchev–Trinajstić information content (AvgIpc) is 2.06. The summed E-state index contributed by atoms with van der Waals surface area (Å²) in [5.74, 6) is 0. The van der Waals surface area contributed by atoms with E-state index in [0.29, 0.717) is 19.6 Å². The molecule has 0 aromatic heterocycles. The zero-order valence-electron chi connectivity index (χ0n) is 8.53. The van der Waals surface area contributed by atoms with Crippen LogP contribution in [0.2, 0.25) is 0 Å². The highest BCUT2D eigenvalue weighted by Gasteiger charge is 2.29. The molecule has 0 aliphatic carbocycles. The molecule has 0 saturated heterocycles. The summed E-state index contributed by atoms with van der Waals surface area (Å²) in [5, 5.41) is 0. The van der Waals surface area contributed by atoms with Gasteiger partial charge in [-0.15, -0.1) is 4.19 Å². The number of nitrogens with zero attached hydrogens (tertiary/aromatic N) is 2. The van der Waals surface area contributed by atoms with Crippen molar-refractivity contribution in [1.29, 1.82) is 0 Å². The van der Waals surface area contributed by atoms with E-state index < -0.39 is 7.59 Å². The van der Waals surface area contributed by atoms with Crippen LogP contribution in [0.3, 0.4) is 0 Å². The Kier molecular flexibility index (Phi) is 6.18. The highest BCUT2D eigenvalue weighted by Crippen LogP contribution is 2.46. The van der Waals surface area contributed by atoms with Crippen LogP contribution in [0.15, 0.2) is 0 Å². The molecule has 0 heterocycles. The molecule has 13 heavy (non-hydrogen) atoms. The Balaban J connectivity index is 4.42. The Morgan fingerprint density at radius 2 is 1.77 bits per heavy atom. The molecule has 0 saturated carbocycles. The Hall–Kier alpha value is 0.400. The Morgan fingerprint density at radius 1 is 1.31 bits per heavy atom. The predicted molar refractivity (Wildman–Crippen MR) is 57.6 cm³/mol. The monoisotopic (exact) mass is 227 g/mol. The van der Waals surface area contributed by atoms with Crippen molar-refractivity contribution >= 4 is 19.4 Å². The first-order valence-electron chi connectivity index (χ1n) is 4.58.